The summed E-state index contributed by atoms with van der Waals surface area (Å²) >= 11 is 0. The number of phenols is 1. The van der Waals surface area contributed by atoms with Gasteiger partial charge in [-0.05, 0) is 49.9 Å². The van der Waals surface area contributed by atoms with Gasteiger partial charge in [0.15, 0.2) is 0 Å². The molecule has 0 aliphatic heterocycles. The normalized spacial score (nSPS) is 16.4. The molecule has 0 atom stereocenters. The summed E-state index contributed by atoms with van der Waals surface area (Å²) in [4.78, 5) is 2.32. The quantitative estimate of drug-likeness (QED) is 0.777. The fraction of sp³-hybridized carbons (Fsp3) is 0.500. The number of hydrogen-bond acceptors (Lipinski definition) is 2. The summed E-state index contributed by atoms with van der Waals surface area (Å²) in [7, 11) is 2.13. The zero-order valence-corrected chi connectivity index (χ0v) is 8.83. The monoisotopic (exact) mass is 191 g/mol. The zero-order chi connectivity index (χ0) is 10.1. The van der Waals surface area contributed by atoms with Crippen molar-refractivity contribution in [1.82, 2.24) is 0 Å². The van der Waals surface area contributed by atoms with Gasteiger partial charge in [-0.15, -0.1) is 0 Å². The first-order valence-corrected chi connectivity index (χ1v) is 5.21. The minimum absolute atomic E-state index is 0.385. The van der Waals surface area contributed by atoms with E-state index in [0.29, 0.717) is 11.8 Å². The summed E-state index contributed by atoms with van der Waals surface area (Å²) < 4.78 is 0. The summed E-state index contributed by atoms with van der Waals surface area (Å²) in [5.74, 6) is 0.385. The lowest BCUT2D eigenvalue weighted by Crippen LogP contribution is -2.37. The summed E-state index contributed by atoms with van der Waals surface area (Å²) in [6.45, 7) is 1.94. The number of phenolic OH excluding ortho intramolecular Hbond substituents is 1. The Labute approximate surface area is 85.2 Å². The van der Waals surface area contributed by atoms with E-state index in [2.05, 4.69) is 11.9 Å². The Hall–Kier alpha value is -1.18. The first kappa shape index (κ1) is 9.38. The van der Waals surface area contributed by atoms with E-state index < -0.39 is 0 Å². The molecule has 0 saturated heterocycles. The zero-order valence-electron chi connectivity index (χ0n) is 8.83. The lowest BCUT2D eigenvalue weighted by molar-refractivity contribution is 0.401. The van der Waals surface area contributed by atoms with Gasteiger partial charge in [0.1, 0.15) is 5.75 Å². The van der Waals surface area contributed by atoms with Crippen molar-refractivity contribution in [2.45, 2.75) is 32.2 Å². The molecule has 1 aliphatic rings. The van der Waals surface area contributed by atoms with Crippen LogP contribution in [-0.4, -0.2) is 18.2 Å². The molecule has 1 N–H and O–H groups in total. The van der Waals surface area contributed by atoms with Crippen LogP contribution in [-0.2, 0) is 0 Å². The number of benzene rings is 1. The second-order valence-corrected chi connectivity index (χ2v) is 4.17. The Morgan fingerprint density at radius 3 is 2.57 bits per heavy atom. The van der Waals surface area contributed by atoms with E-state index in [1.165, 1.54) is 24.9 Å². The van der Waals surface area contributed by atoms with Gasteiger partial charge in [0.25, 0.3) is 0 Å². The fourth-order valence-electron chi connectivity index (χ4n) is 1.84. The summed E-state index contributed by atoms with van der Waals surface area (Å²) in [5.41, 5.74) is 2.17. The van der Waals surface area contributed by atoms with Crippen LogP contribution in [0.5, 0.6) is 5.75 Å². The molecule has 0 aromatic heterocycles. The van der Waals surface area contributed by atoms with Gasteiger partial charge >= 0.3 is 0 Å². The summed E-state index contributed by atoms with van der Waals surface area (Å²) in [6.07, 6.45) is 3.96. The predicted molar refractivity (Wildman–Crippen MR) is 58.9 cm³/mol. The number of nitrogens with zero attached hydrogens (tertiary/aromatic N) is 1. The van der Waals surface area contributed by atoms with Crippen LogP contribution >= 0.6 is 0 Å². The molecule has 1 aromatic rings. The molecule has 1 aliphatic carbocycles. The number of rotatable bonds is 2. The Morgan fingerprint density at radius 2 is 2.07 bits per heavy atom. The topological polar surface area (TPSA) is 23.5 Å². The van der Waals surface area contributed by atoms with Crippen molar-refractivity contribution in [3.8, 4) is 5.75 Å². The Bertz CT molecular complexity index is 331. The molecule has 0 spiro atoms. The third-order valence-electron chi connectivity index (χ3n) is 3.21. The van der Waals surface area contributed by atoms with Gasteiger partial charge < -0.3 is 10.0 Å². The minimum atomic E-state index is 0.385. The van der Waals surface area contributed by atoms with Gasteiger partial charge in [-0.1, -0.05) is 0 Å². The van der Waals surface area contributed by atoms with Crippen LogP contribution in [0.25, 0.3) is 0 Å². The molecule has 0 amide bonds. The van der Waals surface area contributed by atoms with E-state index >= 15 is 0 Å². The predicted octanol–water partition coefficient (Wildman–Crippen LogP) is 2.69. The molecular weight excluding hydrogens is 174 g/mol. The van der Waals surface area contributed by atoms with E-state index in [1.807, 2.05) is 19.1 Å². The molecule has 0 heterocycles. The summed E-state index contributed by atoms with van der Waals surface area (Å²) in [6, 6.07) is 6.52. The van der Waals surface area contributed by atoms with E-state index in [0.717, 1.165) is 5.56 Å². The Morgan fingerprint density at radius 1 is 1.36 bits per heavy atom. The number of hydrogen-bond donors (Lipinski definition) is 1. The van der Waals surface area contributed by atoms with Gasteiger partial charge in [0, 0.05) is 18.8 Å². The smallest absolute Gasteiger partial charge is 0.118 e. The number of anilines is 1. The van der Waals surface area contributed by atoms with Gasteiger partial charge in [-0.25, -0.2) is 0 Å². The molecule has 0 unspecified atom stereocenters. The molecule has 2 rings (SSSR count). The lowest BCUT2D eigenvalue weighted by atomic mass is 9.91. The van der Waals surface area contributed by atoms with Crippen LogP contribution in [0, 0.1) is 6.92 Å². The first-order valence-electron chi connectivity index (χ1n) is 5.21. The average Bonchev–Trinajstić information content (AvgIpc) is 2.06. The minimum Gasteiger partial charge on any atom is -0.508 e. The van der Waals surface area contributed by atoms with Crippen LogP contribution in [0.3, 0.4) is 0 Å². The fourth-order valence-corrected chi connectivity index (χ4v) is 1.84. The molecule has 0 radical (unpaired) electrons. The van der Waals surface area contributed by atoms with Gasteiger partial charge in [0.2, 0.25) is 0 Å². The van der Waals surface area contributed by atoms with Crippen molar-refractivity contribution in [1.29, 1.82) is 0 Å². The molecule has 14 heavy (non-hydrogen) atoms. The molecule has 1 fully saturated rings. The third-order valence-corrected chi connectivity index (χ3v) is 3.21. The van der Waals surface area contributed by atoms with Crippen molar-refractivity contribution in [2.75, 3.05) is 11.9 Å². The number of aromatic hydroxyl groups is 1. The SMILES string of the molecule is Cc1cc(N(C)C2CCC2)ccc1O. The van der Waals surface area contributed by atoms with Gasteiger partial charge in [0.05, 0.1) is 0 Å². The van der Waals surface area contributed by atoms with Crippen molar-refractivity contribution < 1.29 is 5.11 Å². The Balaban J connectivity index is 2.18. The van der Waals surface area contributed by atoms with E-state index in [1.54, 1.807) is 6.07 Å². The molecule has 0 bridgehead atoms. The van der Waals surface area contributed by atoms with Gasteiger partial charge in [-0.3, -0.25) is 0 Å². The molecule has 1 aromatic carbocycles. The molecular formula is C12H17NO. The van der Waals surface area contributed by atoms with Crippen LogP contribution in [0.1, 0.15) is 24.8 Å². The first-order chi connectivity index (χ1) is 6.68. The third kappa shape index (κ3) is 1.57. The van der Waals surface area contributed by atoms with Crippen LogP contribution in [0.2, 0.25) is 0 Å². The van der Waals surface area contributed by atoms with E-state index in [4.69, 9.17) is 0 Å². The van der Waals surface area contributed by atoms with Gasteiger partial charge in [-0.2, -0.15) is 0 Å². The van der Waals surface area contributed by atoms with Crippen molar-refractivity contribution >= 4 is 5.69 Å². The largest absolute Gasteiger partial charge is 0.508 e. The molecule has 76 valence electrons. The highest BCUT2D eigenvalue weighted by Gasteiger charge is 2.22. The van der Waals surface area contributed by atoms with E-state index in [9.17, 15) is 5.11 Å². The standard InChI is InChI=1S/C12H17NO/c1-9-8-11(6-7-12(9)14)13(2)10-4-3-5-10/h6-8,10,14H,3-5H2,1-2H3. The van der Waals surface area contributed by atoms with E-state index in [-0.39, 0.29) is 0 Å². The maximum atomic E-state index is 9.42. The molecule has 1 saturated carbocycles. The maximum absolute atomic E-state index is 9.42. The molecule has 2 heteroatoms. The molecule has 2 nitrogen and oxygen atoms in total. The van der Waals surface area contributed by atoms with Crippen molar-refractivity contribution in [3.05, 3.63) is 23.8 Å². The highest BCUT2D eigenvalue weighted by Crippen LogP contribution is 2.30. The second-order valence-electron chi connectivity index (χ2n) is 4.17. The van der Waals surface area contributed by atoms with Crippen LogP contribution < -0.4 is 4.90 Å². The highest BCUT2D eigenvalue weighted by atomic mass is 16.3. The average molecular weight is 191 g/mol. The highest BCUT2D eigenvalue weighted by molar-refractivity contribution is 5.52. The van der Waals surface area contributed by atoms with Crippen molar-refractivity contribution in [2.24, 2.45) is 0 Å². The Kier molecular flexibility index (Phi) is 2.36. The van der Waals surface area contributed by atoms with Crippen LogP contribution in [0.4, 0.5) is 5.69 Å². The summed E-state index contributed by atoms with van der Waals surface area (Å²) in [5, 5.41) is 9.42. The van der Waals surface area contributed by atoms with Crippen LogP contribution in [0.15, 0.2) is 18.2 Å². The van der Waals surface area contributed by atoms with Crippen molar-refractivity contribution in [3.63, 3.8) is 0 Å². The second kappa shape index (κ2) is 3.52. The lowest BCUT2D eigenvalue weighted by Gasteiger charge is -2.36. The maximum Gasteiger partial charge on any atom is 0.118 e. The number of aryl methyl sites for hydroxylation is 1.